The molecule has 0 spiro atoms. The highest BCUT2D eigenvalue weighted by atomic mass is 19.4. The molecule has 1 aliphatic rings. The third-order valence-electron chi connectivity index (χ3n) is 2.81. The molecule has 0 bridgehead atoms. The highest BCUT2D eigenvalue weighted by molar-refractivity contribution is 5.96. The van der Waals surface area contributed by atoms with Gasteiger partial charge in [0, 0.05) is 11.8 Å². The lowest BCUT2D eigenvalue weighted by Gasteiger charge is -2.26. The number of carbonyl (C=O) groups excluding carboxylic acids is 2. The third kappa shape index (κ3) is 3.21. The van der Waals surface area contributed by atoms with Crippen LogP contribution in [0.15, 0.2) is 36.4 Å². The van der Waals surface area contributed by atoms with E-state index in [0.717, 1.165) is 24.3 Å². The molecule has 1 aliphatic heterocycles. The van der Waals surface area contributed by atoms with Crippen molar-refractivity contribution in [1.29, 1.82) is 0 Å². The molecule has 1 atom stereocenters. The molecule has 0 amide bonds. The fourth-order valence-electron chi connectivity index (χ4n) is 1.87. The fourth-order valence-corrected chi connectivity index (χ4v) is 1.87. The summed E-state index contributed by atoms with van der Waals surface area (Å²) in [6.07, 6.45) is -2.43. The molecule has 1 unspecified atom stereocenters. The summed E-state index contributed by atoms with van der Waals surface area (Å²) in [6, 6.07) is 4.18. The first-order chi connectivity index (χ1) is 10.3. The maximum absolute atomic E-state index is 12.7. The first kappa shape index (κ1) is 15.9. The molecule has 0 radical (unpaired) electrons. The molecule has 1 heterocycles. The van der Waals surface area contributed by atoms with Gasteiger partial charge in [0.05, 0.1) is 12.2 Å². The summed E-state index contributed by atoms with van der Waals surface area (Å²) >= 11 is 0. The van der Waals surface area contributed by atoms with Crippen molar-refractivity contribution in [2.75, 3.05) is 11.9 Å². The first-order valence-corrected chi connectivity index (χ1v) is 6.32. The average Bonchev–Trinajstić information content (AvgIpc) is 2.81. The Morgan fingerprint density at radius 2 is 2.14 bits per heavy atom. The molecular weight excluding hydrogens is 303 g/mol. The SMILES string of the molecule is CCOC(=O)C1(Nc2cccc(C(F)(F)F)c2)C=CC(=O)O1. The Hall–Kier alpha value is -2.51. The minimum absolute atomic E-state index is 0.0241. The number of hydrogen-bond donors (Lipinski definition) is 1. The van der Waals surface area contributed by atoms with Crippen LogP contribution in [0.5, 0.6) is 0 Å². The van der Waals surface area contributed by atoms with E-state index in [2.05, 4.69) is 5.32 Å². The lowest BCUT2D eigenvalue weighted by atomic mass is 10.1. The van der Waals surface area contributed by atoms with Crippen molar-refractivity contribution < 1.29 is 32.2 Å². The number of cyclic esters (lactones) is 1. The van der Waals surface area contributed by atoms with Crippen LogP contribution < -0.4 is 5.32 Å². The number of anilines is 1. The van der Waals surface area contributed by atoms with E-state index in [9.17, 15) is 22.8 Å². The molecular formula is C14H12F3NO4. The van der Waals surface area contributed by atoms with Crippen molar-refractivity contribution in [3.63, 3.8) is 0 Å². The summed E-state index contributed by atoms with van der Waals surface area (Å²) < 4.78 is 47.8. The van der Waals surface area contributed by atoms with Gasteiger partial charge in [0.1, 0.15) is 0 Å². The number of hydrogen-bond acceptors (Lipinski definition) is 5. The third-order valence-corrected chi connectivity index (χ3v) is 2.81. The van der Waals surface area contributed by atoms with E-state index in [0.29, 0.717) is 0 Å². The summed E-state index contributed by atoms with van der Waals surface area (Å²) in [5, 5.41) is 2.48. The van der Waals surface area contributed by atoms with Gasteiger partial charge in [0.2, 0.25) is 0 Å². The zero-order chi connectivity index (χ0) is 16.4. The minimum Gasteiger partial charge on any atom is -0.461 e. The Bertz CT molecular complexity index is 627. The van der Waals surface area contributed by atoms with Crippen LogP contribution in [-0.4, -0.2) is 24.3 Å². The number of halogens is 3. The molecule has 1 aromatic rings. The zero-order valence-corrected chi connectivity index (χ0v) is 11.4. The second kappa shape index (κ2) is 5.70. The quantitative estimate of drug-likeness (QED) is 0.865. The smallest absolute Gasteiger partial charge is 0.416 e. The van der Waals surface area contributed by atoms with E-state index >= 15 is 0 Å². The van der Waals surface area contributed by atoms with Crippen LogP contribution in [0.1, 0.15) is 12.5 Å². The first-order valence-electron chi connectivity index (χ1n) is 6.32. The summed E-state index contributed by atoms with van der Waals surface area (Å²) in [7, 11) is 0. The Morgan fingerprint density at radius 3 is 2.68 bits per heavy atom. The predicted octanol–water partition coefficient (Wildman–Crippen LogP) is 2.49. The molecule has 0 fully saturated rings. The molecule has 22 heavy (non-hydrogen) atoms. The lowest BCUT2D eigenvalue weighted by Crippen LogP contribution is -2.47. The predicted molar refractivity (Wildman–Crippen MR) is 69.7 cm³/mol. The zero-order valence-electron chi connectivity index (χ0n) is 11.4. The van der Waals surface area contributed by atoms with Crippen LogP contribution in [0.3, 0.4) is 0 Å². The molecule has 0 aliphatic carbocycles. The Labute approximate surface area is 123 Å². The molecule has 1 aromatic carbocycles. The Balaban J connectivity index is 2.31. The minimum atomic E-state index is -4.53. The molecule has 5 nitrogen and oxygen atoms in total. The Kier molecular flexibility index (Phi) is 4.11. The molecule has 118 valence electrons. The average molecular weight is 315 g/mol. The van der Waals surface area contributed by atoms with Crippen molar-refractivity contribution in [3.05, 3.63) is 42.0 Å². The highest BCUT2D eigenvalue weighted by Crippen LogP contribution is 2.32. The Morgan fingerprint density at radius 1 is 1.41 bits per heavy atom. The van der Waals surface area contributed by atoms with Crippen molar-refractivity contribution in [1.82, 2.24) is 0 Å². The number of benzene rings is 1. The van der Waals surface area contributed by atoms with Gasteiger partial charge in [-0.25, -0.2) is 9.59 Å². The molecule has 0 saturated heterocycles. The number of ether oxygens (including phenoxy) is 2. The summed E-state index contributed by atoms with van der Waals surface area (Å²) in [6.45, 7) is 1.58. The molecule has 0 saturated carbocycles. The van der Waals surface area contributed by atoms with Crippen LogP contribution in [0.4, 0.5) is 18.9 Å². The number of nitrogens with one attached hydrogen (secondary N) is 1. The summed E-state index contributed by atoms with van der Waals surface area (Å²) in [5.74, 6) is -1.72. The van der Waals surface area contributed by atoms with Gasteiger partial charge in [-0.05, 0) is 31.2 Å². The van der Waals surface area contributed by atoms with E-state index < -0.39 is 29.4 Å². The summed E-state index contributed by atoms with van der Waals surface area (Å²) in [5.41, 5.74) is -2.90. The van der Waals surface area contributed by atoms with Gasteiger partial charge in [-0.1, -0.05) is 6.07 Å². The van der Waals surface area contributed by atoms with Gasteiger partial charge in [-0.2, -0.15) is 13.2 Å². The summed E-state index contributed by atoms with van der Waals surface area (Å²) in [4.78, 5) is 23.2. The van der Waals surface area contributed by atoms with Gasteiger partial charge >= 0.3 is 23.8 Å². The largest absolute Gasteiger partial charge is 0.461 e. The second-order valence-corrected chi connectivity index (χ2v) is 4.41. The number of alkyl halides is 3. The number of carbonyl (C=O) groups is 2. The molecule has 1 N–H and O–H groups in total. The molecule has 8 heteroatoms. The van der Waals surface area contributed by atoms with Gasteiger partial charge in [0.15, 0.2) is 0 Å². The maximum Gasteiger partial charge on any atom is 0.416 e. The fraction of sp³-hybridized carbons (Fsp3) is 0.286. The molecule has 2 rings (SSSR count). The van der Waals surface area contributed by atoms with Crippen LogP contribution in [-0.2, 0) is 25.2 Å². The van der Waals surface area contributed by atoms with E-state index in [1.807, 2.05) is 0 Å². The van der Waals surface area contributed by atoms with E-state index in [4.69, 9.17) is 9.47 Å². The number of esters is 2. The van der Waals surface area contributed by atoms with Crippen LogP contribution in [0, 0.1) is 0 Å². The van der Waals surface area contributed by atoms with E-state index in [1.165, 1.54) is 12.1 Å². The van der Waals surface area contributed by atoms with Crippen molar-refractivity contribution in [2.45, 2.75) is 18.8 Å². The van der Waals surface area contributed by atoms with Crippen LogP contribution in [0.2, 0.25) is 0 Å². The van der Waals surface area contributed by atoms with Crippen molar-refractivity contribution in [2.24, 2.45) is 0 Å². The lowest BCUT2D eigenvalue weighted by molar-refractivity contribution is -0.168. The van der Waals surface area contributed by atoms with E-state index in [-0.39, 0.29) is 12.3 Å². The maximum atomic E-state index is 12.7. The van der Waals surface area contributed by atoms with Gasteiger partial charge < -0.3 is 14.8 Å². The number of rotatable bonds is 4. The topological polar surface area (TPSA) is 64.6 Å². The van der Waals surface area contributed by atoms with Gasteiger partial charge in [0.25, 0.3) is 0 Å². The highest BCUT2D eigenvalue weighted by Gasteiger charge is 2.45. The van der Waals surface area contributed by atoms with E-state index in [1.54, 1.807) is 6.92 Å². The van der Waals surface area contributed by atoms with Gasteiger partial charge in [-0.15, -0.1) is 0 Å². The second-order valence-electron chi connectivity index (χ2n) is 4.41. The standard InChI is InChI=1S/C14H12F3NO4/c1-2-21-12(20)13(7-6-11(19)22-13)18-10-5-3-4-9(8-10)14(15,16)17/h3-8,18H,2H2,1H3. The molecule has 0 aromatic heterocycles. The van der Waals surface area contributed by atoms with Gasteiger partial charge in [-0.3, -0.25) is 0 Å². The normalized spacial score (nSPS) is 20.6. The van der Waals surface area contributed by atoms with Crippen molar-refractivity contribution in [3.8, 4) is 0 Å². The van der Waals surface area contributed by atoms with Crippen molar-refractivity contribution >= 4 is 17.6 Å². The van der Waals surface area contributed by atoms with Crippen LogP contribution in [0.25, 0.3) is 0 Å². The van der Waals surface area contributed by atoms with Crippen LogP contribution >= 0.6 is 0 Å². The monoisotopic (exact) mass is 315 g/mol.